The average molecular weight is 215 g/mol. The van der Waals surface area contributed by atoms with E-state index in [4.69, 9.17) is 5.73 Å². The standard InChI is InChI=1S/C10H15F2N3/c1-10(11,12)7-5-8(13)9(6-7)15(4)14(2)3/h5H,13H2,1-4H3. The van der Waals surface area contributed by atoms with E-state index in [1.165, 1.54) is 6.08 Å². The summed E-state index contributed by atoms with van der Waals surface area (Å²) in [4.78, 5) is 0. The van der Waals surface area contributed by atoms with Crippen molar-refractivity contribution in [1.82, 2.24) is 10.0 Å². The number of nitrogens with two attached hydrogens (primary N) is 1. The predicted octanol–water partition coefficient (Wildman–Crippen LogP) is 1.32. The maximum absolute atomic E-state index is 13.0. The van der Waals surface area contributed by atoms with Crippen molar-refractivity contribution in [3.8, 4) is 0 Å². The van der Waals surface area contributed by atoms with Crippen LogP contribution in [0.2, 0.25) is 0 Å². The number of nitrogens with zero attached hydrogens (tertiary/aromatic N) is 2. The van der Waals surface area contributed by atoms with Crippen LogP contribution in [0.15, 0.2) is 28.8 Å². The first-order chi connectivity index (χ1) is 6.73. The molecule has 5 heteroatoms. The van der Waals surface area contributed by atoms with Gasteiger partial charge in [-0.05, 0) is 6.08 Å². The van der Waals surface area contributed by atoms with Crippen LogP contribution in [0, 0.1) is 0 Å². The molecule has 0 fully saturated rings. The molecule has 2 N–H and O–H groups in total. The van der Waals surface area contributed by atoms with Crippen LogP contribution in [0.4, 0.5) is 8.78 Å². The number of likely N-dealkylation sites (N-methyl/N-ethyl adjacent to an activating group) is 1. The van der Waals surface area contributed by atoms with Gasteiger partial charge in [0.1, 0.15) is 5.70 Å². The Bertz CT molecular complexity index is 357. The first-order valence-corrected chi connectivity index (χ1v) is 4.51. The Balaban J connectivity index is 3.10. The molecule has 0 heterocycles. The molecule has 84 valence electrons. The summed E-state index contributed by atoms with van der Waals surface area (Å²) in [6, 6.07) is 0. The second-order valence-electron chi connectivity index (χ2n) is 3.75. The highest BCUT2D eigenvalue weighted by Crippen LogP contribution is 2.29. The summed E-state index contributed by atoms with van der Waals surface area (Å²) in [7, 11) is 5.33. The van der Waals surface area contributed by atoms with Gasteiger partial charge in [-0.3, -0.25) is 0 Å². The summed E-state index contributed by atoms with van der Waals surface area (Å²) in [5, 5.41) is 3.39. The Morgan fingerprint density at radius 1 is 1.33 bits per heavy atom. The van der Waals surface area contributed by atoms with Gasteiger partial charge in [-0.2, -0.15) is 0 Å². The van der Waals surface area contributed by atoms with E-state index in [0.717, 1.165) is 6.92 Å². The molecule has 0 spiro atoms. The molecule has 0 aliphatic heterocycles. The maximum atomic E-state index is 13.0. The van der Waals surface area contributed by atoms with E-state index in [-0.39, 0.29) is 5.57 Å². The highest BCUT2D eigenvalue weighted by molar-refractivity contribution is 5.44. The molecule has 0 aromatic rings. The number of hydrogen-bond donors (Lipinski definition) is 1. The van der Waals surface area contributed by atoms with Crippen molar-refractivity contribution >= 4 is 0 Å². The van der Waals surface area contributed by atoms with Crippen LogP contribution in [-0.2, 0) is 0 Å². The van der Waals surface area contributed by atoms with Crippen molar-refractivity contribution < 1.29 is 8.78 Å². The third-order valence-electron chi connectivity index (χ3n) is 2.22. The minimum absolute atomic E-state index is 0.177. The zero-order chi connectivity index (χ0) is 11.8. The molecule has 0 radical (unpaired) electrons. The van der Waals surface area contributed by atoms with Gasteiger partial charge in [-0.15, -0.1) is 0 Å². The fourth-order valence-electron chi connectivity index (χ4n) is 1.16. The molecule has 1 aliphatic rings. The van der Waals surface area contributed by atoms with Gasteiger partial charge in [-0.1, -0.05) is 5.73 Å². The second-order valence-corrected chi connectivity index (χ2v) is 3.75. The quantitative estimate of drug-likeness (QED) is 0.569. The van der Waals surface area contributed by atoms with Crippen LogP contribution in [0.25, 0.3) is 0 Å². The normalized spacial score (nSPS) is 16.3. The highest BCUT2D eigenvalue weighted by atomic mass is 19.3. The lowest BCUT2D eigenvalue weighted by molar-refractivity contribution is 0.0677. The van der Waals surface area contributed by atoms with Crippen molar-refractivity contribution in [2.45, 2.75) is 12.8 Å². The van der Waals surface area contributed by atoms with Gasteiger partial charge >= 0.3 is 0 Å². The van der Waals surface area contributed by atoms with E-state index in [2.05, 4.69) is 5.73 Å². The summed E-state index contributed by atoms with van der Waals surface area (Å²) >= 11 is 0. The third-order valence-corrected chi connectivity index (χ3v) is 2.22. The third kappa shape index (κ3) is 2.37. The number of halogens is 2. The molecule has 0 atom stereocenters. The lowest BCUT2D eigenvalue weighted by Crippen LogP contribution is -2.33. The Morgan fingerprint density at radius 3 is 2.20 bits per heavy atom. The zero-order valence-corrected chi connectivity index (χ0v) is 9.31. The van der Waals surface area contributed by atoms with Gasteiger partial charge < -0.3 is 10.7 Å². The monoisotopic (exact) mass is 215 g/mol. The molecule has 1 rings (SSSR count). The van der Waals surface area contributed by atoms with Crippen LogP contribution in [0.5, 0.6) is 0 Å². The molecule has 0 aromatic heterocycles. The molecule has 3 nitrogen and oxygen atoms in total. The van der Waals surface area contributed by atoms with Gasteiger partial charge in [0.2, 0.25) is 0 Å². The van der Waals surface area contributed by atoms with Crippen molar-refractivity contribution in [2.75, 3.05) is 21.1 Å². The van der Waals surface area contributed by atoms with E-state index in [9.17, 15) is 8.78 Å². The number of hydrogen-bond acceptors (Lipinski definition) is 3. The molecule has 0 amide bonds. The SMILES string of the molecule is CN(C)N(C)C1=C=C(C(C)(F)F)C=C1N. The van der Waals surface area contributed by atoms with E-state index < -0.39 is 5.92 Å². The van der Waals surface area contributed by atoms with Gasteiger partial charge in [0, 0.05) is 28.1 Å². The fraction of sp³-hybridized carbons (Fsp3) is 0.500. The first kappa shape index (κ1) is 11.8. The van der Waals surface area contributed by atoms with E-state index in [0.29, 0.717) is 11.4 Å². The van der Waals surface area contributed by atoms with Crippen molar-refractivity contribution in [1.29, 1.82) is 0 Å². The number of rotatable bonds is 3. The van der Waals surface area contributed by atoms with Crippen LogP contribution in [-0.4, -0.2) is 37.1 Å². The minimum atomic E-state index is -2.90. The topological polar surface area (TPSA) is 32.5 Å². The Hall–Kier alpha value is -1.32. The van der Waals surface area contributed by atoms with Crippen LogP contribution >= 0.6 is 0 Å². The van der Waals surface area contributed by atoms with E-state index >= 15 is 0 Å². The molecule has 0 unspecified atom stereocenters. The Kier molecular flexibility index (Phi) is 2.88. The lowest BCUT2D eigenvalue weighted by Gasteiger charge is -2.26. The van der Waals surface area contributed by atoms with Crippen molar-refractivity contribution in [3.63, 3.8) is 0 Å². The minimum Gasteiger partial charge on any atom is -0.396 e. The van der Waals surface area contributed by atoms with E-state index in [1.54, 1.807) is 31.2 Å². The number of hydrazine groups is 1. The molecule has 0 aromatic carbocycles. The molecule has 0 saturated heterocycles. The molecule has 0 saturated carbocycles. The summed E-state index contributed by atoms with van der Waals surface area (Å²) in [5.74, 6) is -2.90. The predicted molar refractivity (Wildman–Crippen MR) is 54.9 cm³/mol. The fourth-order valence-corrected chi connectivity index (χ4v) is 1.16. The van der Waals surface area contributed by atoms with Crippen LogP contribution in [0.3, 0.4) is 0 Å². The Labute approximate surface area is 88.1 Å². The van der Waals surface area contributed by atoms with Gasteiger partial charge in [0.05, 0.1) is 11.3 Å². The van der Waals surface area contributed by atoms with E-state index in [1.807, 2.05) is 0 Å². The molecule has 15 heavy (non-hydrogen) atoms. The smallest absolute Gasteiger partial charge is 0.277 e. The molecular weight excluding hydrogens is 200 g/mol. The summed E-state index contributed by atoms with van der Waals surface area (Å²) in [6.07, 6.45) is 1.26. The van der Waals surface area contributed by atoms with Gasteiger partial charge in [0.25, 0.3) is 5.92 Å². The summed E-state index contributed by atoms with van der Waals surface area (Å²) < 4.78 is 26.0. The largest absolute Gasteiger partial charge is 0.396 e. The second kappa shape index (κ2) is 3.68. The molecular formula is C10H15F2N3. The number of allylic oxidation sites excluding steroid dienone is 1. The van der Waals surface area contributed by atoms with Crippen LogP contribution < -0.4 is 5.73 Å². The van der Waals surface area contributed by atoms with Gasteiger partial charge in [0.15, 0.2) is 0 Å². The summed E-state index contributed by atoms with van der Waals surface area (Å²) in [5.41, 5.74) is 8.86. The number of alkyl halides is 2. The zero-order valence-electron chi connectivity index (χ0n) is 9.31. The van der Waals surface area contributed by atoms with Crippen molar-refractivity contribution in [2.24, 2.45) is 5.73 Å². The average Bonchev–Trinajstić information content (AvgIpc) is 2.45. The lowest BCUT2D eigenvalue weighted by atomic mass is 10.2. The summed E-state index contributed by atoms with van der Waals surface area (Å²) in [6.45, 7) is 0.831. The first-order valence-electron chi connectivity index (χ1n) is 4.51. The molecule has 0 bridgehead atoms. The molecule has 1 aliphatic carbocycles. The van der Waals surface area contributed by atoms with Crippen molar-refractivity contribution in [3.05, 3.63) is 28.8 Å². The Morgan fingerprint density at radius 2 is 1.87 bits per heavy atom. The maximum Gasteiger partial charge on any atom is 0.277 e. The highest BCUT2D eigenvalue weighted by Gasteiger charge is 2.30. The van der Waals surface area contributed by atoms with Crippen LogP contribution in [0.1, 0.15) is 6.92 Å². The van der Waals surface area contributed by atoms with Gasteiger partial charge in [-0.25, -0.2) is 13.8 Å².